The fourth-order valence-corrected chi connectivity index (χ4v) is 5.34. The van der Waals surface area contributed by atoms with Gasteiger partial charge in [0.2, 0.25) is 5.91 Å². The molecule has 0 radical (unpaired) electrons. The topological polar surface area (TPSA) is 58.6 Å². The minimum atomic E-state index is -0.732. The van der Waals surface area contributed by atoms with Crippen molar-refractivity contribution in [1.29, 1.82) is 0 Å². The van der Waals surface area contributed by atoms with Gasteiger partial charge in [-0.3, -0.25) is 9.59 Å². The van der Waals surface area contributed by atoms with Gasteiger partial charge in [0.15, 0.2) is 0 Å². The van der Waals surface area contributed by atoms with Crippen LogP contribution in [0.5, 0.6) is 5.75 Å². The van der Waals surface area contributed by atoms with Crippen molar-refractivity contribution in [3.8, 4) is 5.75 Å². The van der Waals surface area contributed by atoms with E-state index in [2.05, 4.69) is 5.32 Å². The number of ether oxygens (including phenoxy) is 1. The van der Waals surface area contributed by atoms with E-state index >= 15 is 0 Å². The zero-order valence-corrected chi connectivity index (χ0v) is 20.6. The lowest BCUT2D eigenvalue weighted by molar-refractivity contribution is -0.127. The molecule has 0 aliphatic heterocycles. The van der Waals surface area contributed by atoms with Crippen molar-refractivity contribution in [3.63, 3.8) is 0 Å². The molecule has 0 saturated heterocycles. The summed E-state index contributed by atoms with van der Waals surface area (Å²) in [7, 11) is 1.63. The third kappa shape index (κ3) is 5.68. The van der Waals surface area contributed by atoms with Gasteiger partial charge in [0, 0.05) is 12.6 Å². The first-order chi connectivity index (χ1) is 16.6. The molecule has 34 heavy (non-hydrogen) atoms. The number of hydrogen-bond acceptors (Lipinski definition) is 4. The van der Waals surface area contributed by atoms with Gasteiger partial charge in [-0.15, -0.1) is 11.3 Å². The van der Waals surface area contributed by atoms with Gasteiger partial charge in [-0.2, -0.15) is 0 Å². The molecule has 4 rings (SSSR count). The van der Waals surface area contributed by atoms with E-state index in [9.17, 15) is 9.59 Å². The molecule has 1 aliphatic rings. The molecule has 3 aromatic rings. The first kappa shape index (κ1) is 24.0. The number of aryl methyl sites for hydroxylation is 1. The molecule has 1 fully saturated rings. The number of amides is 2. The Labute approximate surface area is 205 Å². The zero-order valence-electron chi connectivity index (χ0n) is 19.8. The molecule has 0 unspecified atom stereocenters. The Morgan fingerprint density at radius 1 is 1.06 bits per heavy atom. The smallest absolute Gasteiger partial charge is 0.265 e. The third-order valence-electron chi connectivity index (χ3n) is 6.47. The van der Waals surface area contributed by atoms with Crippen LogP contribution in [0.2, 0.25) is 0 Å². The lowest BCUT2D eigenvalue weighted by Gasteiger charge is -2.34. The van der Waals surface area contributed by atoms with E-state index in [1.807, 2.05) is 73.0 Å². The lowest BCUT2D eigenvalue weighted by atomic mass is 9.93. The van der Waals surface area contributed by atoms with Crippen molar-refractivity contribution >= 4 is 23.2 Å². The fourth-order valence-electron chi connectivity index (χ4n) is 4.66. The second-order valence-electron chi connectivity index (χ2n) is 8.86. The minimum Gasteiger partial charge on any atom is -0.497 e. The van der Waals surface area contributed by atoms with Gasteiger partial charge in [-0.25, -0.2) is 0 Å². The maximum atomic E-state index is 13.9. The molecule has 1 saturated carbocycles. The number of methoxy groups -OCH3 is 1. The van der Waals surface area contributed by atoms with Crippen LogP contribution in [0, 0.1) is 6.92 Å². The predicted molar refractivity (Wildman–Crippen MR) is 136 cm³/mol. The maximum absolute atomic E-state index is 13.9. The Balaban J connectivity index is 1.75. The Hall–Kier alpha value is -3.12. The van der Waals surface area contributed by atoms with Gasteiger partial charge in [0.25, 0.3) is 5.91 Å². The van der Waals surface area contributed by atoms with Crippen LogP contribution in [0.3, 0.4) is 0 Å². The highest BCUT2D eigenvalue weighted by Gasteiger charge is 2.34. The number of hydrogen-bond donors (Lipinski definition) is 1. The second-order valence-corrected chi connectivity index (χ2v) is 9.81. The summed E-state index contributed by atoms with van der Waals surface area (Å²) in [5.74, 6) is 0.457. The van der Waals surface area contributed by atoms with Crippen molar-refractivity contribution in [2.75, 3.05) is 7.11 Å². The van der Waals surface area contributed by atoms with Crippen LogP contribution in [0.25, 0.3) is 0 Å². The molecule has 2 amide bonds. The summed E-state index contributed by atoms with van der Waals surface area (Å²) in [5, 5.41) is 5.17. The van der Waals surface area contributed by atoms with E-state index in [1.54, 1.807) is 12.0 Å². The maximum Gasteiger partial charge on any atom is 0.265 e. The molecule has 6 heteroatoms. The number of carbonyl (C=O) groups is 2. The Kier molecular flexibility index (Phi) is 8.01. The van der Waals surface area contributed by atoms with Crippen LogP contribution in [0.15, 0.2) is 66.0 Å². The van der Waals surface area contributed by atoms with E-state index in [-0.39, 0.29) is 17.9 Å². The van der Waals surface area contributed by atoms with Crippen LogP contribution < -0.4 is 10.1 Å². The fraction of sp³-hybridized carbons (Fsp3) is 0.357. The molecule has 0 bridgehead atoms. The Morgan fingerprint density at radius 2 is 1.85 bits per heavy atom. The number of rotatable bonds is 8. The quantitative estimate of drug-likeness (QED) is 0.440. The Bertz CT molecular complexity index is 1110. The average molecular weight is 477 g/mol. The highest BCUT2D eigenvalue weighted by molar-refractivity contribution is 7.12. The summed E-state index contributed by atoms with van der Waals surface area (Å²) >= 11 is 1.39. The molecular weight excluding hydrogens is 444 g/mol. The van der Waals surface area contributed by atoms with Crippen molar-refractivity contribution in [3.05, 3.63) is 87.6 Å². The normalized spacial score (nSPS) is 14.9. The lowest BCUT2D eigenvalue weighted by Crippen LogP contribution is -2.47. The zero-order chi connectivity index (χ0) is 23.9. The highest BCUT2D eigenvalue weighted by Crippen LogP contribution is 2.30. The van der Waals surface area contributed by atoms with Gasteiger partial charge in [-0.1, -0.05) is 61.7 Å². The number of benzene rings is 2. The van der Waals surface area contributed by atoms with Gasteiger partial charge in [0.1, 0.15) is 11.8 Å². The molecule has 1 aromatic heterocycles. The molecule has 1 atom stereocenters. The summed E-state index contributed by atoms with van der Waals surface area (Å²) in [6.45, 7) is 2.29. The molecule has 5 nitrogen and oxygen atoms in total. The Morgan fingerprint density at radius 3 is 2.56 bits per heavy atom. The number of carbonyl (C=O) groups excluding carboxylic acids is 2. The van der Waals surface area contributed by atoms with Crippen molar-refractivity contribution in [2.45, 2.75) is 57.7 Å². The van der Waals surface area contributed by atoms with Gasteiger partial charge >= 0.3 is 0 Å². The van der Waals surface area contributed by atoms with Gasteiger partial charge in [-0.05, 0) is 60.0 Å². The van der Waals surface area contributed by atoms with E-state index in [0.29, 0.717) is 11.4 Å². The van der Waals surface area contributed by atoms with Crippen LogP contribution in [0.1, 0.15) is 64.5 Å². The largest absolute Gasteiger partial charge is 0.497 e. The molecule has 1 heterocycles. The van der Waals surface area contributed by atoms with Crippen molar-refractivity contribution in [1.82, 2.24) is 10.2 Å². The van der Waals surface area contributed by atoms with Crippen LogP contribution in [-0.4, -0.2) is 29.9 Å². The summed E-state index contributed by atoms with van der Waals surface area (Å²) in [6, 6.07) is 18.6. The summed E-state index contributed by atoms with van der Waals surface area (Å²) in [4.78, 5) is 30.0. The molecule has 178 valence electrons. The SMILES string of the molecule is COc1cccc(CN(C(=O)c2cccs2)[C@H](C(=O)NC2CCCCC2)c2ccccc2C)c1. The van der Waals surface area contributed by atoms with Crippen molar-refractivity contribution < 1.29 is 14.3 Å². The average Bonchev–Trinajstić information content (AvgIpc) is 3.40. The van der Waals surface area contributed by atoms with Crippen LogP contribution in [-0.2, 0) is 11.3 Å². The minimum absolute atomic E-state index is 0.117. The summed E-state index contributed by atoms with van der Waals surface area (Å²) in [5.41, 5.74) is 2.75. The monoisotopic (exact) mass is 476 g/mol. The standard InChI is InChI=1S/C28H32N2O3S/c1-20-10-6-7-15-24(20)26(27(31)29-22-12-4-3-5-13-22)30(28(32)25-16-9-17-34-25)19-21-11-8-14-23(18-21)33-2/h6-11,14-18,22,26H,3-5,12-13,19H2,1-2H3,(H,29,31)/t26-/m0/s1. The van der Waals surface area contributed by atoms with E-state index < -0.39 is 6.04 Å². The first-order valence-electron chi connectivity index (χ1n) is 11.9. The first-order valence-corrected chi connectivity index (χ1v) is 12.8. The molecule has 1 aliphatic carbocycles. The van der Waals surface area contributed by atoms with E-state index in [1.165, 1.54) is 17.8 Å². The van der Waals surface area contributed by atoms with Gasteiger partial charge in [0.05, 0.1) is 12.0 Å². The summed E-state index contributed by atoms with van der Waals surface area (Å²) in [6.07, 6.45) is 5.44. The second kappa shape index (κ2) is 11.3. The van der Waals surface area contributed by atoms with Crippen LogP contribution in [0.4, 0.5) is 0 Å². The number of nitrogens with one attached hydrogen (secondary N) is 1. The van der Waals surface area contributed by atoms with Gasteiger partial charge < -0.3 is 15.0 Å². The molecular formula is C28H32N2O3S. The predicted octanol–water partition coefficient (Wildman–Crippen LogP) is 5.90. The molecule has 2 aromatic carbocycles. The van der Waals surface area contributed by atoms with Crippen LogP contribution >= 0.6 is 11.3 Å². The number of thiophene rings is 1. The van der Waals surface area contributed by atoms with Crippen molar-refractivity contribution in [2.24, 2.45) is 0 Å². The molecule has 0 spiro atoms. The highest BCUT2D eigenvalue weighted by atomic mass is 32.1. The molecule has 1 N–H and O–H groups in total. The summed E-state index contributed by atoms with van der Waals surface area (Å²) < 4.78 is 5.40. The van der Waals surface area contributed by atoms with E-state index in [4.69, 9.17) is 4.74 Å². The number of nitrogens with zero attached hydrogens (tertiary/aromatic N) is 1. The van der Waals surface area contributed by atoms with E-state index in [0.717, 1.165) is 48.1 Å². The third-order valence-corrected chi connectivity index (χ3v) is 7.33.